The molecule has 0 aromatic rings. The van der Waals surface area contributed by atoms with E-state index in [1.54, 1.807) is 21.0 Å². The molecule has 0 aromatic carbocycles. The highest BCUT2D eigenvalue weighted by atomic mass is 16.5. The maximum atomic E-state index is 11.6. The maximum Gasteiger partial charge on any atom is 0.244 e. The third-order valence-corrected chi connectivity index (χ3v) is 2.91. The first-order valence-electron chi connectivity index (χ1n) is 6.13. The lowest BCUT2D eigenvalue weighted by molar-refractivity contribution is -0.134. The maximum absolute atomic E-state index is 11.6. The summed E-state index contributed by atoms with van der Waals surface area (Å²) in [6, 6.07) is -0.456. The zero-order valence-electron chi connectivity index (χ0n) is 10.9. The molecule has 5 heteroatoms. The van der Waals surface area contributed by atoms with Crippen molar-refractivity contribution in [3.8, 4) is 0 Å². The minimum absolute atomic E-state index is 0.0804. The summed E-state index contributed by atoms with van der Waals surface area (Å²) in [6.45, 7) is 2.51. The van der Waals surface area contributed by atoms with Crippen LogP contribution in [0, 0.1) is 0 Å². The number of ether oxygens (including phenoxy) is 1. The van der Waals surface area contributed by atoms with Gasteiger partial charge in [-0.05, 0) is 26.2 Å². The topological polar surface area (TPSA) is 58.6 Å². The Bertz CT molecular complexity index is 273. The van der Waals surface area contributed by atoms with E-state index in [9.17, 15) is 9.59 Å². The third-order valence-electron chi connectivity index (χ3n) is 2.91. The number of likely N-dealkylation sites (N-methyl/N-ethyl adjacent to an activating group) is 1. The summed E-state index contributed by atoms with van der Waals surface area (Å²) >= 11 is 0. The average molecular weight is 242 g/mol. The molecule has 98 valence electrons. The van der Waals surface area contributed by atoms with Crippen molar-refractivity contribution in [3.05, 3.63) is 0 Å². The van der Waals surface area contributed by atoms with Crippen LogP contribution >= 0.6 is 0 Å². The van der Waals surface area contributed by atoms with Crippen LogP contribution in [-0.4, -0.2) is 49.6 Å². The molecule has 0 aromatic heterocycles. The van der Waals surface area contributed by atoms with Gasteiger partial charge in [-0.1, -0.05) is 0 Å². The lowest BCUT2D eigenvalue weighted by Crippen LogP contribution is -2.44. The Hall–Kier alpha value is -1.10. The first-order valence-corrected chi connectivity index (χ1v) is 6.13. The Morgan fingerprint density at radius 1 is 1.47 bits per heavy atom. The summed E-state index contributed by atoms with van der Waals surface area (Å²) in [7, 11) is 3.36. The highest BCUT2D eigenvalue weighted by molar-refractivity contribution is 5.86. The van der Waals surface area contributed by atoms with Crippen LogP contribution in [0.15, 0.2) is 0 Å². The van der Waals surface area contributed by atoms with E-state index in [0.717, 1.165) is 25.9 Å². The molecule has 1 N–H and O–H groups in total. The van der Waals surface area contributed by atoms with E-state index >= 15 is 0 Å². The molecule has 17 heavy (non-hydrogen) atoms. The summed E-state index contributed by atoms with van der Waals surface area (Å²) in [5, 5.41) is 2.70. The lowest BCUT2D eigenvalue weighted by Gasteiger charge is -2.18. The molecule has 1 rings (SSSR count). The standard InChI is InChI=1S/C12H22N2O3/c1-9(12(16)14(2)3)13-11(15)7-6-10-5-4-8-17-10/h9-10H,4-8H2,1-3H3,(H,13,15)/t9-,10+/m0/s1. The second-order valence-electron chi connectivity index (χ2n) is 4.70. The Kier molecular flexibility index (Phi) is 5.41. The first kappa shape index (κ1) is 14.0. The van der Waals surface area contributed by atoms with Gasteiger partial charge >= 0.3 is 0 Å². The highest BCUT2D eigenvalue weighted by Gasteiger charge is 2.19. The fourth-order valence-corrected chi connectivity index (χ4v) is 1.93. The van der Waals surface area contributed by atoms with Gasteiger partial charge in [0.25, 0.3) is 0 Å². The average Bonchev–Trinajstić information content (AvgIpc) is 2.77. The van der Waals surface area contributed by atoms with Crippen LogP contribution in [-0.2, 0) is 14.3 Å². The molecule has 1 aliphatic heterocycles. The minimum Gasteiger partial charge on any atom is -0.378 e. The van der Waals surface area contributed by atoms with Crippen molar-refractivity contribution in [2.75, 3.05) is 20.7 Å². The number of hydrogen-bond acceptors (Lipinski definition) is 3. The van der Waals surface area contributed by atoms with Crippen LogP contribution in [0.2, 0.25) is 0 Å². The fraction of sp³-hybridized carbons (Fsp3) is 0.833. The molecule has 0 bridgehead atoms. The van der Waals surface area contributed by atoms with Crippen molar-refractivity contribution in [2.24, 2.45) is 0 Å². The van der Waals surface area contributed by atoms with Crippen LogP contribution in [0.25, 0.3) is 0 Å². The van der Waals surface area contributed by atoms with Gasteiger partial charge in [-0.15, -0.1) is 0 Å². The van der Waals surface area contributed by atoms with Gasteiger partial charge in [-0.3, -0.25) is 9.59 Å². The van der Waals surface area contributed by atoms with Crippen LogP contribution in [0.5, 0.6) is 0 Å². The van der Waals surface area contributed by atoms with E-state index in [1.165, 1.54) is 4.90 Å². The number of carbonyl (C=O) groups is 2. The van der Waals surface area contributed by atoms with Gasteiger partial charge in [0.2, 0.25) is 11.8 Å². The van der Waals surface area contributed by atoms with E-state index in [2.05, 4.69) is 5.32 Å². The molecule has 2 amide bonds. The molecule has 0 aliphatic carbocycles. The van der Waals surface area contributed by atoms with Crippen LogP contribution in [0.4, 0.5) is 0 Å². The summed E-state index contributed by atoms with van der Waals surface area (Å²) in [6.07, 6.45) is 3.52. The Morgan fingerprint density at radius 3 is 2.71 bits per heavy atom. The molecule has 5 nitrogen and oxygen atoms in total. The van der Waals surface area contributed by atoms with E-state index in [0.29, 0.717) is 6.42 Å². The third kappa shape index (κ3) is 4.73. The Labute approximate surface area is 102 Å². The fourth-order valence-electron chi connectivity index (χ4n) is 1.93. The summed E-state index contributed by atoms with van der Waals surface area (Å²) in [5.74, 6) is -0.168. The highest BCUT2D eigenvalue weighted by Crippen LogP contribution is 2.16. The van der Waals surface area contributed by atoms with Gasteiger partial charge in [-0.2, -0.15) is 0 Å². The van der Waals surface area contributed by atoms with Gasteiger partial charge in [0, 0.05) is 27.1 Å². The second-order valence-corrected chi connectivity index (χ2v) is 4.70. The summed E-state index contributed by atoms with van der Waals surface area (Å²) in [5.41, 5.74) is 0. The van der Waals surface area contributed by atoms with Crippen molar-refractivity contribution >= 4 is 11.8 Å². The van der Waals surface area contributed by atoms with Crippen molar-refractivity contribution in [1.82, 2.24) is 10.2 Å². The Morgan fingerprint density at radius 2 is 2.18 bits per heavy atom. The van der Waals surface area contributed by atoms with Gasteiger partial charge in [-0.25, -0.2) is 0 Å². The second kappa shape index (κ2) is 6.59. The quantitative estimate of drug-likeness (QED) is 0.765. The zero-order chi connectivity index (χ0) is 12.8. The number of rotatable bonds is 5. The molecular formula is C12H22N2O3. The van der Waals surface area contributed by atoms with Crippen LogP contribution in [0.1, 0.15) is 32.6 Å². The van der Waals surface area contributed by atoms with E-state index in [1.807, 2.05) is 0 Å². The van der Waals surface area contributed by atoms with Crippen LogP contribution < -0.4 is 5.32 Å². The lowest BCUT2D eigenvalue weighted by atomic mass is 10.1. The largest absolute Gasteiger partial charge is 0.378 e. The molecule has 1 aliphatic rings. The number of amides is 2. The minimum atomic E-state index is -0.456. The van der Waals surface area contributed by atoms with Gasteiger partial charge < -0.3 is 15.0 Å². The van der Waals surface area contributed by atoms with Gasteiger partial charge in [0.15, 0.2) is 0 Å². The number of nitrogens with one attached hydrogen (secondary N) is 1. The van der Waals surface area contributed by atoms with E-state index in [4.69, 9.17) is 4.74 Å². The van der Waals surface area contributed by atoms with Crippen molar-refractivity contribution in [1.29, 1.82) is 0 Å². The number of carbonyl (C=O) groups excluding carboxylic acids is 2. The molecule has 1 saturated heterocycles. The summed E-state index contributed by atoms with van der Waals surface area (Å²) in [4.78, 5) is 24.6. The van der Waals surface area contributed by atoms with E-state index in [-0.39, 0.29) is 17.9 Å². The SMILES string of the molecule is C[C@H](NC(=O)CC[C@H]1CCCO1)C(=O)N(C)C. The number of hydrogen-bond donors (Lipinski definition) is 1. The normalized spacial score (nSPS) is 21.0. The molecular weight excluding hydrogens is 220 g/mol. The molecule has 0 saturated carbocycles. The molecule has 0 radical (unpaired) electrons. The predicted octanol–water partition coefficient (Wildman–Crippen LogP) is 0.539. The Balaban J connectivity index is 2.21. The van der Waals surface area contributed by atoms with Gasteiger partial charge in [0.1, 0.15) is 6.04 Å². The molecule has 1 fully saturated rings. The smallest absolute Gasteiger partial charge is 0.244 e. The van der Waals surface area contributed by atoms with Crippen molar-refractivity contribution < 1.29 is 14.3 Å². The van der Waals surface area contributed by atoms with Crippen molar-refractivity contribution in [3.63, 3.8) is 0 Å². The molecule has 0 unspecified atom stereocenters. The molecule has 2 atom stereocenters. The molecule has 0 spiro atoms. The van der Waals surface area contributed by atoms with Gasteiger partial charge in [0.05, 0.1) is 6.10 Å². The predicted molar refractivity (Wildman–Crippen MR) is 64.5 cm³/mol. The monoisotopic (exact) mass is 242 g/mol. The van der Waals surface area contributed by atoms with Crippen LogP contribution in [0.3, 0.4) is 0 Å². The zero-order valence-corrected chi connectivity index (χ0v) is 10.9. The number of nitrogens with zero attached hydrogens (tertiary/aromatic N) is 1. The van der Waals surface area contributed by atoms with E-state index < -0.39 is 6.04 Å². The summed E-state index contributed by atoms with van der Waals surface area (Å²) < 4.78 is 5.44. The molecule has 1 heterocycles. The van der Waals surface area contributed by atoms with Crippen molar-refractivity contribution in [2.45, 2.75) is 44.8 Å². The first-order chi connectivity index (χ1) is 8.00.